The summed E-state index contributed by atoms with van der Waals surface area (Å²) in [6.07, 6.45) is 2.96. The molecule has 0 atom stereocenters. The van der Waals surface area contributed by atoms with E-state index in [-0.39, 0.29) is 6.42 Å². The zero-order valence-corrected chi connectivity index (χ0v) is 12.9. The number of carbonyl (C=O) groups excluding carboxylic acids is 1. The van der Waals surface area contributed by atoms with Gasteiger partial charge >= 0.3 is 12.0 Å². The number of carboxylic acids is 1. The van der Waals surface area contributed by atoms with Crippen molar-refractivity contribution < 1.29 is 19.1 Å². The van der Waals surface area contributed by atoms with E-state index in [0.29, 0.717) is 23.0 Å². The minimum atomic E-state index is -0.938. The first-order valence-electron chi connectivity index (χ1n) is 6.66. The Balaban J connectivity index is 2.02. The van der Waals surface area contributed by atoms with Gasteiger partial charge < -0.3 is 15.7 Å². The highest BCUT2D eigenvalue weighted by Crippen LogP contribution is 2.32. The number of rotatable bonds is 4. The predicted molar refractivity (Wildman–Crippen MR) is 79.7 cm³/mol. The van der Waals surface area contributed by atoms with E-state index in [1.54, 1.807) is 6.07 Å². The molecule has 1 aliphatic rings. The number of nitrogens with one attached hydrogen (secondary N) is 2. The molecule has 0 unspecified atom stereocenters. The number of hydrogen-bond donors (Lipinski definition) is 3. The third-order valence-electron chi connectivity index (χ3n) is 3.61. The summed E-state index contributed by atoms with van der Waals surface area (Å²) in [6.45, 7) is 0. The third kappa shape index (κ3) is 4.17. The van der Waals surface area contributed by atoms with Crippen LogP contribution in [-0.4, -0.2) is 22.6 Å². The molecule has 0 bridgehead atoms. The molecule has 1 saturated carbocycles. The zero-order valence-electron chi connectivity index (χ0n) is 11.3. The van der Waals surface area contributed by atoms with Gasteiger partial charge in [0.1, 0.15) is 5.82 Å². The molecule has 1 fully saturated rings. The molecule has 0 saturated heterocycles. The van der Waals surface area contributed by atoms with Crippen LogP contribution in [0.4, 0.5) is 14.9 Å². The number of benzene rings is 1. The molecular formula is C14H16BrFN2O3. The van der Waals surface area contributed by atoms with Crippen molar-refractivity contribution in [3.8, 4) is 0 Å². The first kappa shape index (κ1) is 15.8. The van der Waals surface area contributed by atoms with Crippen molar-refractivity contribution >= 4 is 33.6 Å². The van der Waals surface area contributed by atoms with Crippen LogP contribution in [0.5, 0.6) is 0 Å². The molecule has 7 heteroatoms. The van der Waals surface area contributed by atoms with E-state index >= 15 is 0 Å². The van der Waals surface area contributed by atoms with Gasteiger partial charge in [-0.1, -0.05) is 12.8 Å². The smallest absolute Gasteiger partial charge is 0.319 e. The van der Waals surface area contributed by atoms with Gasteiger partial charge in [-0.15, -0.1) is 0 Å². The molecule has 21 heavy (non-hydrogen) atoms. The minimum Gasteiger partial charge on any atom is -0.481 e. The molecule has 114 valence electrons. The Morgan fingerprint density at radius 1 is 1.33 bits per heavy atom. The molecule has 1 aromatic rings. The molecule has 2 amide bonds. The minimum absolute atomic E-state index is 0.102. The van der Waals surface area contributed by atoms with E-state index in [4.69, 9.17) is 5.11 Å². The first-order chi connectivity index (χ1) is 9.90. The molecular weight excluding hydrogens is 343 g/mol. The molecule has 0 spiro atoms. The van der Waals surface area contributed by atoms with Crippen molar-refractivity contribution in [3.63, 3.8) is 0 Å². The lowest BCUT2D eigenvalue weighted by Gasteiger charge is -2.28. The van der Waals surface area contributed by atoms with Gasteiger partial charge in [0.15, 0.2) is 0 Å². The van der Waals surface area contributed by atoms with Crippen LogP contribution < -0.4 is 10.6 Å². The molecule has 1 aliphatic carbocycles. The van der Waals surface area contributed by atoms with Crippen molar-refractivity contribution in [2.45, 2.75) is 37.6 Å². The summed E-state index contributed by atoms with van der Waals surface area (Å²) in [5.41, 5.74) is -0.388. The van der Waals surface area contributed by atoms with E-state index in [9.17, 15) is 14.0 Å². The van der Waals surface area contributed by atoms with E-state index < -0.39 is 23.4 Å². The predicted octanol–water partition coefficient (Wildman–Crippen LogP) is 3.50. The van der Waals surface area contributed by atoms with Gasteiger partial charge in [0.2, 0.25) is 0 Å². The number of halogens is 2. The van der Waals surface area contributed by atoms with E-state index in [1.807, 2.05) is 0 Å². The van der Waals surface area contributed by atoms with Crippen LogP contribution in [0.2, 0.25) is 0 Å². The molecule has 5 nitrogen and oxygen atoms in total. The Hall–Kier alpha value is -1.63. The highest BCUT2D eigenvalue weighted by Gasteiger charge is 2.37. The second-order valence-electron chi connectivity index (χ2n) is 5.27. The summed E-state index contributed by atoms with van der Waals surface area (Å²) < 4.78 is 13.7. The molecule has 0 aromatic heterocycles. The van der Waals surface area contributed by atoms with Gasteiger partial charge in [0.25, 0.3) is 0 Å². The van der Waals surface area contributed by atoms with E-state index in [0.717, 1.165) is 12.8 Å². The van der Waals surface area contributed by atoms with Crippen molar-refractivity contribution in [1.29, 1.82) is 0 Å². The number of hydrogen-bond acceptors (Lipinski definition) is 2. The summed E-state index contributed by atoms with van der Waals surface area (Å²) in [5.74, 6) is -1.42. The summed E-state index contributed by atoms with van der Waals surface area (Å²) in [7, 11) is 0. The normalized spacial score (nSPS) is 16.5. The lowest BCUT2D eigenvalue weighted by Crippen LogP contribution is -2.49. The fraction of sp³-hybridized carbons (Fsp3) is 0.429. The Bertz CT molecular complexity index is 559. The van der Waals surface area contributed by atoms with Crippen molar-refractivity contribution in [2.75, 3.05) is 5.32 Å². The van der Waals surface area contributed by atoms with Gasteiger partial charge in [0.05, 0.1) is 16.4 Å². The van der Waals surface area contributed by atoms with Gasteiger partial charge in [-0.3, -0.25) is 4.79 Å². The molecule has 0 radical (unpaired) electrons. The largest absolute Gasteiger partial charge is 0.481 e. The number of carbonyl (C=O) groups is 2. The highest BCUT2D eigenvalue weighted by molar-refractivity contribution is 9.10. The van der Waals surface area contributed by atoms with Gasteiger partial charge in [-0.05, 0) is 47.0 Å². The second kappa shape index (κ2) is 6.43. The maximum atomic E-state index is 13.4. The Kier molecular flexibility index (Phi) is 4.82. The number of amides is 2. The summed E-state index contributed by atoms with van der Waals surface area (Å²) in [6, 6.07) is 3.74. The van der Waals surface area contributed by atoms with Crippen LogP contribution in [0.15, 0.2) is 22.7 Å². The van der Waals surface area contributed by atoms with Gasteiger partial charge in [-0.2, -0.15) is 0 Å². The van der Waals surface area contributed by atoms with E-state index in [2.05, 4.69) is 26.6 Å². The maximum Gasteiger partial charge on any atom is 0.319 e. The Morgan fingerprint density at radius 3 is 2.57 bits per heavy atom. The lowest BCUT2D eigenvalue weighted by atomic mass is 9.93. The quantitative estimate of drug-likeness (QED) is 0.770. The summed E-state index contributed by atoms with van der Waals surface area (Å²) >= 11 is 3.03. The number of anilines is 1. The molecule has 2 rings (SSSR count). The van der Waals surface area contributed by atoms with Crippen LogP contribution in [0.1, 0.15) is 32.1 Å². The summed E-state index contributed by atoms with van der Waals surface area (Å²) in [4.78, 5) is 23.0. The van der Waals surface area contributed by atoms with Crippen LogP contribution in [0.3, 0.4) is 0 Å². The zero-order chi connectivity index (χ0) is 15.5. The van der Waals surface area contributed by atoms with Crippen LogP contribution in [0, 0.1) is 5.82 Å². The highest BCUT2D eigenvalue weighted by atomic mass is 79.9. The number of urea groups is 1. The fourth-order valence-corrected chi connectivity index (χ4v) is 2.91. The average Bonchev–Trinajstić information content (AvgIpc) is 2.80. The molecule has 1 aromatic carbocycles. The number of aliphatic carboxylic acids is 1. The molecule has 0 heterocycles. The van der Waals surface area contributed by atoms with Gasteiger partial charge in [0, 0.05) is 5.69 Å². The lowest BCUT2D eigenvalue weighted by molar-refractivity contribution is -0.138. The fourth-order valence-electron chi connectivity index (χ4n) is 2.66. The number of carboxylic acid groups (broad SMARTS) is 1. The molecule has 3 N–H and O–H groups in total. The molecule has 0 aliphatic heterocycles. The van der Waals surface area contributed by atoms with Gasteiger partial charge in [-0.25, -0.2) is 9.18 Å². The topological polar surface area (TPSA) is 78.4 Å². The summed E-state index contributed by atoms with van der Waals surface area (Å²) in [5, 5.41) is 14.3. The third-order valence-corrected chi connectivity index (χ3v) is 4.25. The van der Waals surface area contributed by atoms with Crippen LogP contribution in [0.25, 0.3) is 0 Å². The first-order valence-corrected chi connectivity index (χ1v) is 7.46. The standard InChI is InChI=1S/C14H16BrFN2O3/c15-10-4-3-9(7-11(10)16)17-13(21)18-14(8-12(19)20)5-1-2-6-14/h3-4,7H,1-2,5-6,8H2,(H,19,20)(H2,17,18,21). The van der Waals surface area contributed by atoms with Crippen LogP contribution in [-0.2, 0) is 4.79 Å². The average molecular weight is 359 g/mol. The second-order valence-corrected chi connectivity index (χ2v) is 6.12. The van der Waals surface area contributed by atoms with Crippen molar-refractivity contribution in [3.05, 3.63) is 28.5 Å². The monoisotopic (exact) mass is 358 g/mol. The van der Waals surface area contributed by atoms with Crippen LogP contribution >= 0.6 is 15.9 Å². The van der Waals surface area contributed by atoms with Crippen molar-refractivity contribution in [1.82, 2.24) is 5.32 Å². The SMILES string of the molecule is O=C(O)CC1(NC(=O)Nc2ccc(Br)c(F)c2)CCCC1. The van der Waals surface area contributed by atoms with Crippen molar-refractivity contribution in [2.24, 2.45) is 0 Å². The maximum absolute atomic E-state index is 13.4. The van der Waals surface area contributed by atoms with E-state index in [1.165, 1.54) is 12.1 Å². The Morgan fingerprint density at radius 2 is 2.00 bits per heavy atom. The Labute approximate surface area is 130 Å².